The van der Waals surface area contributed by atoms with Gasteiger partial charge in [-0.1, -0.05) is 11.2 Å². The highest BCUT2D eigenvalue weighted by molar-refractivity contribution is 6.11. The van der Waals surface area contributed by atoms with E-state index in [1.54, 1.807) is 6.26 Å². The Morgan fingerprint density at radius 1 is 1.46 bits per heavy atom. The molecule has 3 nitrogen and oxygen atoms in total. The maximum absolute atomic E-state index is 4.88. The summed E-state index contributed by atoms with van der Waals surface area (Å²) in [5.74, 6) is 0.566. The van der Waals surface area contributed by atoms with E-state index in [-0.39, 0.29) is 0 Å². The Morgan fingerprint density at radius 3 is 3.46 bits per heavy atom. The van der Waals surface area contributed by atoms with Crippen LogP contribution in [0.2, 0.25) is 0 Å². The van der Waals surface area contributed by atoms with E-state index >= 15 is 0 Å². The topological polar surface area (TPSA) is 33.6 Å². The van der Waals surface area contributed by atoms with E-state index in [1.165, 1.54) is 17.7 Å². The highest BCUT2D eigenvalue weighted by atomic mass is 16.6. The molecule has 0 radical (unpaired) electrons. The normalized spacial score (nSPS) is 28.9. The van der Waals surface area contributed by atoms with Crippen molar-refractivity contribution in [3.05, 3.63) is 35.8 Å². The highest BCUT2D eigenvalue weighted by Gasteiger charge is 2.26. The van der Waals surface area contributed by atoms with Crippen LogP contribution in [-0.2, 0) is 4.84 Å². The largest absolute Gasteiger partial charge is 0.387 e. The quantitative estimate of drug-likeness (QED) is 0.601. The van der Waals surface area contributed by atoms with Crippen LogP contribution in [0.4, 0.5) is 0 Å². The molecular formula is C10H10N2O. The van der Waals surface area contributed by atoms with E-state index in [1.807, 2.05) is 12.2 Å². The van der Waals surface area contributed by atoms with Crippen molar-refractivity contribution in [3.8, 4) is 0 Å². The van der Waals surface area contributed by atoms with Gasteiger partial charge in [0.1, 0.15) is 12.0 Å². The van der Waals surface area contributed by atoms with Crippen molar-refractivity contribution in [2.45, 2.75) is 6.42 Å². The molecule has 2 heterocycles. The molecule has 1 N–H and O–H groups in total. The second-order valence-corrected chi connectivity index (χ2v) is 3.39. The Kier molecular flexibility index (Phi) is 1.33. The zero-order valence-electron chi connectivity index (χ0n) is 7.16. The Balaban J connectivity index is 2.12. The smallest absolute Gasteiger partial charge is 0.122 e. The summed E-state index contributed by atoms with van der Waals surface area (Å²) in [6, 6.07) is 0. The lowest BCUT2D eigenvalue weighted by Gasteiger charge is -2.18. The molecule has 3 rings (SSSR count). The van der Waals surface area contributed by atoms with Gasteiger partial charge in [-0.25, -0.2) is 0 Å². The Bertz CT molecular complexity index is 363. The van der Waals surface area contributed by atoms with Gasteiger partial charge in [0.25, 0.3) is 0 Å². The van der Waals surface area contributed by atoms with Crippen molar-refractivity contribution in [2.24, 2.45) is 11.1 Å². The third kappa shape index (κ3) is 0.932. The van der Waals surface area contributed by atoms with Gasteiger partial charge in [-0.2, -0.15) is 0 Å². The van der Waals surface area contributed by atoms with Crippen molar-refractivity contribution < 1.29 is 4.84 Å². The Hall–Kier alpha value is -1.51. The van der Waals surface area contributed by atoms with Gasteiger partial charge in [-0.05, 0) is 18.6 Å². The minimum atomic E-state index is 0.566. The molecule has 2 aliphatic heterocycles. The van der Waals surface area contributed by atoms with Crippen molar-refractivity contribution in [3.63, 3.8) is 0 Å². The fourth-order valence-corrected chi connectivity index (χ4v) is 2.00. The standard InChI is InChI=1S/C10H10N2O/c1-2-9-8(4-6-13-12-9)10-7(1)3-5-11-10/h1-2,4,6-7,11H,3,5H2. The summed E-state index contributed by atoms with van der Waals surface area (Å²) >= 11 is 0. The maximum Gasteiger partial charge on any atom is 0.122 e. The number of rotatable bonds is 0. The molecule has 1 atom stereocenters. The van der Waals surface area contributed by atoms with Crippen LogP contribution in [0.25, 0.3) is 0 Å². The van der Waals surface area contributed by atoms with Gasteiger partial charge in [0.2, 0.25) is 0 Å². The lowest BCUT2D eigenvalue weighted by molar-refractivity contribution is 0.265. The first-order chi connectivity index (χ1) is 6.45. The third-order valence-electron chi connectivity index (χ3n) is 2.64. The lowest BCUT2D eigenvalue weighted by Crippen LogP contribution is -2.18. The van der Waals surface area contributed by atoms with Crippen LogP contribution in [0.3, 0.4) is 0 Å². The minimum absolute atomic E-state index is 0.566. The summed E-state index contributed by atoms with van der Waals surface area (Å²) in [4.78, 5) is 4.88. The lowest BCUT2D eigenvalue weighted by atomic mass is 9.92. The number of nitrogens with zero attached hydrogens (tertiary/aromatic N) is 1. The van der Waals surface area contributed by atoms with Crippen LogP contribution in [0.1, 0.15) is 6.42 Å². The molecule has 3 heteroatoms. The van der Waals surface area contributed by atoms with E-state index in [4.69, 9.17) is 4.84 Å². The third-order valence-corrected chi connectivity index (χ3v) is 2.64. The summed E-state index contributed by atoms with van der Waals surface area (Å²) in [7, 11) is 0. The summed E-state index contributed by atoms with van der Waals surface area (Å²) in [6.07, 6.45) is 9.03. The van der Waals surface area contributed by atoms with Gasteiger partial charge in [0.05, 0.1) is 0 Å². The van der Waals surface area contributed by atoms with Gasteiger partial charge >= 0.3 is 0 Å². The number of fused-ring (bicyclic) bond motifs is 2. The molecule has 0 bridgehead atoms. The van der Waals surface area contributed by atoms with Crippen LogP contribution in [0.15, 0.2) is 40.9 Å². The number of nitrogens with one attached hydrogen (secondary N) is 1. The van der Waals surface area contributed by atoms with E-state index in [0.29, 0.717) is 5.92 Å². The van der Waals surface area contributed by atoms with E-state index < -0.39 is 0 Å². The second-order valence-electron chi connectivity index (χ2n) is 3.39. The molecule has 1 fully saturated rings. The Morgan fingerprint density at radius 2 is 2.46 bits per heavy atom. The predicted molar refractivity (Wildman–Crippen MR) is 49.9 cm³/mol. The molecule has 0 amide bonds. The predicted octanol–water partition coefficient (Wildman–Crippen LogP) is 1.32. The van der Waals surface area contributed by atoms with E-state index in [9.17, 15) is 0 Å². The molecule has 13 heavy (non-hydrogen) atoms. The Labute approximate surface area is 76.5 Å². The number of hydrogen-bond donors (Lipinski definition) is 1. The molecule has 1 aliphatic carbocycles. The van der Waals surface area contributed by atoms with Crippen molar-refractivity contribution in [1.82, 2.24) is 5.32 Å². The first kappa shape index (κ1) is 6.95. The van der Waals surface area contributed by atoms with Gasteiger partial charge in [-0.15, -0.1) is 0 Å². The average molecular weight is 174 g/mol. The first-order valence-electron chi connectivity index (χ1n) is 4.52. The zero-order chi connectivity index (χ0) is 8.67. The van der Waals surface area contributed by atoms with Gasteiger partial charge in [-0.3, -0.25) is 0 Å². The first-order valence-corrected chi connectivity index (χ1v) is 4.52. The van der Waals surface area contributed by atoms with Crippen molar-refractivity contribution in [2.75, 3.05) is 6.54 Å². The minimum Gasteiger partial charge on any atom is -0.387 e. The van der Waals surface area contributed by atoms with Crippen LogP contribution in [0, 0.1) is 5.92 Å². The van der Waals surface area contributed by atoms with Crippen LogP contribution >= 0.6 is 0 Å². The average Bonchev–Trinajstić information content (AvgIpc) is 2.65. The van der Waals surface area contributed by atoms with Gasteiger partial charge in [0.15, 0.2) is 0 Å². The van der Waals surface area contributed by atoms with Gasteiger partial charge in [0, 0.05) is 23.7 Å². The SMILES string of the molecule is C1=CC2=C3NCCC3C=CC2=NO1. The molecule has 66 valence electrons. The summed E-state index contributed by atoms with van der Waals surface area (Å²) in [5, 5.41) is 7.36. The monoisotopic (exact) mass is 174 g/mol. The summed E-state index contributed by atoms with van der Waals surface area (Å²) in [5.41, 5.74) is 3.43. The molecule has 1 saturated heterocycles. The van der Waals surface area contributed by atoms with Gasteiger partial charge < -0.3 is 10.2 Å². The zero-order valence-corrected chi connectivity index (χ0v) is 7.16. The fraction of sp³-hybridized carbons (Fsp3) is 0.300. The molecule has 0 aromatic heterocycles. The number of allylic oxidation sites excluding steroid dienone is 4. The molecule has 0 spiro atoms. The number of oxime groups is 1. The van der Waals surface area contributed by atoms with E-state index in [2.05, 4.69) is 16.5 Å². The summed E-state index contributed by atoms with van der Waals surface area (Å²) < 4.78 is 0. The summed E-state index contributed by atoms with van der Waals surface area (Å²) in [6.45, 7) is 1.07. The second kappa shape index (κ2) is 2.49. The highest BCUT2D eigenvalue weighted by Crippen LogP contribution is 2.30. The van der Waals surface area contributed by atoms with Crippen molar-refractivity contribution >= 4 is 5.71 Å². The maximum atomic E-state index is 4.88. The van der Waals surface area contributed by atoms with Crippen LogP contribution in [-0.4, -0.2) is 12.3 Å². The molecule has 0 saturated carbocycles. The molecule has 3 aliphatic rings. The molecular weight excluding hydrogens is 164 g/mol. The number of hydrogen-bond acceptors (Lipinski definition) is 3. The molecule has 0 aromatic rings. The van der Waals surface area contributed by atoms with Crippen LogP contribution in [0.5, 0.6) is 0 Å². The van der Waals surface area contributed by atoms with Crippen molar-refractivity contribution in [1.29, 1.82) is 0 Å². The van der Waals surface area contributed by atoms with Crippen LogP contribution < -0.4 is 5.32 Å². The molecule has 0 aromatic carbocycles. The molecule has 1 unspecified atom stereocenters. The fourth-order valence-electron chi connectivity index (χ4n) is 2.00. The van der Waals surface area contributed by atoms with E-state index in [0.717, 1.165) is 12.3 Å².